The third-order valence-electron chi connectivity index (χ3n) is 5.79. The van der Waals surface area contributed by atoms with Crippen LogP contribution in [-0.2, 0) is 22.4 Å². The second-order valence-electron chi connectivity index (χ2n) is 7.64. The van der Waals surface area contributed by atoms with Crippen molar-refractivity contribution < 1.29 is 19.4 Å². The lowest BCUT2D eigenvalue weighted by Crippen LogP contribution is -2.58. The summed E-state index contributed by atoms with van der Waals surface area (Å²) in [5, 5.41) is 10.1. The fraction of sp³-hybridized carbons (Fsp3) is 0.429. The van der Waals surface area contributed by atoms with E-state index in [2.05, 4.69) is 27.9 Å². The first kappa shape index (κ1) is 20.5. The molecule has 1 aromatic carbocycles. The first-order chi connectivity index (χ1) is 13.9. The molecule has 2 aliphatic rings. The summed E-state index contributed by atoms with van der Waals surface area (Å²) >= 11 is 4.70. The molecule has 1 saturated heterocycles. The molecule has 1 aromatic heterocycles. The summed E-state index contributed by atoms with van der Waals surface area (Å²) in [6.07, 6.45) is 2.09. The molecule has 1 N–H and O–H groups in total. The number of amides is 1. The zero-order valence-corrected chi connectivity index (χ0v) is 18.6. The lowest BCUT2D eigenvalue weighted by molar-refractivity contribution is -0.143. The fourth-order valence-corrected chi connectivity index (χ4v) is 5.37. The van der Waals surface area contributed by atoms with Crippen molar-refractivity contribution in [1.82, 2.24) is 4.90 Å². The number of thiophene rings is 1. The van der Waals surface area contributed by atoms with Crippen molar-refractivity contribution in [2.75, 3.05) is 38.3 Å². The molecule has 2 aliphatic heterocycles. The standard InChI is InChI=1S/C21H23BrN2O4S/c1-23-9-6-14-2-3-16(12-15(14)7-10-23)24(19(25)17-4-5-18(22)29-17)21(20(26)27)8-11-28-13-21/h2-5,12H,6-11,13H2,1H3,(H,26,27). The van der Waals surface area contributed by atoms with E-state index in [1.54, 1.807) is 6.07 Å². The highest BCUT2D eigenvalue weighted by molar-refractivity contribution is 9.11. The molecular formula is C21H23BrN2O4S. The van der Waals surface area contributed by atoms with Gasteiger partial charge in [0.2, 0.25) is 0 Å². The normalized spacial score (nSPS) is 22.1. The van der Waals surface area contributed by atoms with Gasteiger partial charge in [-0.15, -0.1) is 11.3 Å². The van der Waals surface area contributed by atoms with Crippen molar-refractivity contribution in [3.05, 3.63) is 50.1 Å². The lowest BCUT2D eigenvalue weighted by atomic mass is 9.93. The Balaban J connectivity index is 1.81. The van der Waals surface area contributed by atoms with Gasteiger partial charge in [-0.2, -0.15) is 0 Å². The minimum atomic E-state index is -1.40. The minimum absolute atomic E-state index is 0.0135. The van der Waals surface area contributed by atoms with Crippen LogP contribution >= 0.6 is 27.3 Å². The van der Waals surface area contributed by atoms with Crippen molar-refractivity contribution in [3.63, 3.8) is 0 Å². The Bertz CT molecular complexity index is 939. The smallest absolute Gasteiger partial charge is 0.332 e. The lowest BCUT2D eigenvalue weighted by Gasteiger charge is -2.36. The molecule has 6 nitrogen and oxygen atoms in total. The number of likely N-dealkylation sites (N-methyl/N-ethyl adjacent to an activating group) is 1. The third kappa shape index (κ3) is 3.86. The predicted octanol–water partition coefficient (Wildman–Crippen LogP) is 3.43. The molecule has 1 unspecified atom stereocenters. The molecule has 0 spiro atoms. The maximum absolute atomic E-state index is 13.5. The Hall–Kier alpha value is -1.74. The van der Waals surface area contributed by atoms with Gasteiger partial charge in [-0.25, -0.2) is 4.79 Å². The van der Waals surface area contributed by atoms with E-state index in [0.29, 0.717) is 17.2 Å². The van der Waals surface area contributed by atoms with Crippen molar-refractivity contribution >= 4 is 44.8 Å². The van der Waals surface area contributed by atoms with E-state index in [1.165, 1.54) is 27.4 Å². The fourth-order valence-electron chi connectivity index (χ4n) is 4.06. The van der Waals surface area contributed by atoms with E-state index in [1.807, 2.05) is 24.3 Å². The average Bonchev–Trinajstić information content (AvgIpc) is 3.31. The highest BCUT2D eigenvalue weighted by Crippen LogP contribution is 2.36. The summed E-state index contributed by atoms with van der Waals surface area (Å²) in [5.41, 5.74) is 1.66. The second kappa shape index (κ2) is 8.18. The molecule has 29 heavy (non-hydrogen) atoms. The molecule has 0 bridgehead atoms. The SMILES string of the molecule is CN1CCc2ccc(N(C(=O)c3ccc(Br)s3)C3(C(=O)O)CCOC3)cc2CC1. The number of carbonyl (C=O) groups is 2. The van der Waals surface area contributed by atoms with Crippen LogP contribution in [0.5, 0.6) is 0 Å². The Morgan fingerprint density at radius 1 is 1.21 bits per heavy atom. The number of carboxylic acid groups (broad SMARTS) is 1. The zero-order valence-electron chi connectivity index (χ0n) is 16.2. The predicted molar refractivity (Wildman–Crippen MR) is 116 cm³/mol. The molecule has 1 atom stereocenters. The number of hydrogen-bond acceptors (Lipinski definition) is 5. The molecule has 4 rings (SSSR count). The number of nitrogens with zero attached hydrogens (tertiary/aromatic N) is 2. The van der Waals surface area contributed by atoms with E-state index < -0.39 is 11.5 Å². The monoisotopic (exact) mass is 478 g/mol. The van der Waals surface area contributed by atoms with E-state index in [9.17, 15) is 14.7 Å². The van der Waals surface area contributed by atoms with Gasteiger partial charge in [0.1, 0.15) is 0 Å². The van der Waals surface area contributed by atoms with Gasteiger partial charge < -0.3 is 14.7 Å². The first-order valence-corrected chi connectivity index (χ1v) is 11.2. The Labute approximate surface area is 182 Å². The first-order valence-electron chi connectivity index (χ1n) is 9.62. The van der Waals surface area contributed by atoms with Crippen LogP contribution in [0.1, 0.15) is 27.2 Å². The number of hydrogen-bond donors (Lipinski definition) is 1. The maximum Gasteiger partial charge on any atom is 0.332 e. The van der Waals surface area contributed by atoms with Crippen molar-refractivity contribution in [2.24, 2.45) is 0 Å². The van der Waals surface area contributed by atoms with Gasteiger partial charge in [-0.1, -0.05) is 6.07 Å². The summed E-state index contributed by atoms with van der Waals surface area (Å²) < 4.78 is 6.31. The van der Waals surface area contributed by atoms with Gasteiger partial charge in [0, 0.05) is 31.8 Å². The molecule has 0 saturated carbocycles. The highest BCUT2D eigenvalue weighted by atomic mass is 79.9. The number of benzene rings is 1. The summed E-state index contributed by atoms with van der Waals surface area (Å²) in [7, 11) is 2.10. The van der Waals surface area contributed by atoms with Crippen molar-refractivity contribution in [1.29, 1.82) is 0 Å². The maximum atomic E-state index is 13.5. The average molecular weight is 479 g/mol. The second-order valence-corrected chi connectivity index (χ2v) is 10.1. The van der Waals surface area contributed by atoms with E-state index in [0.717, 1.165) is 29.7 Å². The zero-order chi connectivity index (χ0) is 20.6. The van der Waals surface area contributed by atoms with Crippen LogP contribution in [-0.4, -0.2) is 60.8 Å². The summed E-state index contributed by atoms with van der Waals surface area (Å²) in [5.74, 6) is -1.34. The quantitative estimate of drug-likeness (QED) is 0.728. The van der Waals surface area contributed by atoms with Gasteiger partial charge in [-0.3, -0.25) is 9.69 Å². The molecule has 8 heteroatoms. The van der Waals surface area contributed by atoms with Crippen LogP contribution in [0, 0.1) is 0 Å². The van der Waals surface area contributed by atoms with Gasteiger partial charge in [0.05, 0.1) is 15.3 Å². The largest absolute Gasteiger partial charge is 0.479 e. The molecule has 3 heterocycles. The van der Waals surface area contributed by atoms with Gasteiger partial charge in [0.25, 0.3) is 5.91 Å². The highest BCUT2D eigenvalue weighted by Gasteiger charge is 2.51. The van der Waals surface area contributed by atoms with E-state index in [-0.39, 0.29) is 18.9 Å². The number of halogens is 1. The van der Waals surface area contributed by atoms with Crippen LogP contribution < -0.4 is 4.90 Å². The molecule has 2 aromatic rings. The van der Waals surface area contributed by atoms with Crippen molar-refractivity contribution in [3.8, 4) is 0 Å². The number of aliphatic carboxylic acids is 1. The Morgan fingerprint density at radius 2 is 1.97 bits per heavy atom. The van der Waals surface area contributed by atoms with Crippen LogP contribution in [0.25, 0.3) is 0 Å². The topological polar surface area (TPSA) is 70.1 Å². The van der Waals surface area contributed by atoms with Gasteiger partial charge in [0.15, 0.2) is 5.54 Å². The summed E-state index contributed by atoms with van der Waals surface area (Å²) in [4.78, 5) is 30.2. The molecule has 0 aliphatic carbocycles. The molecule has 1 fully saturated rings. The number of anilines is 1. The third-order valence-corrected chi connectivity index (χ3v) is 7.40. The van der Waals surface area contributed by atoms with Crippen LogP contribution in [0.2, 0.25) is 0 Å². The summed E-state index contributed by atoms with van der Waals surface area (Å²) in [6, 6.07) is 9.46. The van der Waals surface area contributed by atoms with Crippen LogP contribution in [0.15, 0.2) is 34.1 Å². The molecule has 0 radical (unpaired) electrons. The summed E-state index contributed by atoms with van der Waals surface area (Å²) in [6.45, 7) is 2.24. The molecular weight excluding hydrogens is 456 g/mol. The number of ether oxygens (including phenoxy) is 1. The van der Waals surface area contributed by atoms with Gasteiger partial charge in [-0.05, 0) is 71.2 Å². The van der Waals surface area contributed by atoms with Crippen molar-refractivity contribution in [2.45, 2.75) is 24.8 Å². The number of carboxylic acids is 1. The number of rotatable bonds is 4. The van der Waals surface area contributed by atoms with Gasteiger partial charge >= 0.3 is 5.97 Å². The van der Waals surface area contributed by atoms with E-state index >= 15 is 0 Å². The number of carbonyl (C=O) groups excluding carboxylic acids is 1. The van der Waals surface area contributed by atoms with Crippen LogP contribution in [0.3, 0.4) is 0 Å². The number of fused-ring (bicyclic) bond motifs is 1. The van der Waals surface area contributed by atoms with Crippen LogP contribution in [0.4, 0.5) is 5.69 Å². The minimum Gasteiger partial charge on any atom is -0.479 e. The Kier molecular flexibility index (Phi) is 5.79. The Morgan fingerprint density at radius 3 is 2.59 bits per heavy atom. The molecule has 1 amide bonds. The molecule has 154 valence electrons. The van der Waals surface area contributed by atoms with E-state index in [4.69, 9.17) is 4.74 Å².